The quantitative estimate of drug-likeness (QED) is 0.329. The lowest BCUT2D eigenvalue weighted by Gasteiger charge is -2.10. The smallest absolute Gasteiger partial charge is 0.323 e. The normalized spacial score (nSPS) is 11.0. The SMILES string of the molecule is O=c1[nH]c2ccc(Nc3ncc(Br)c(NCCc4cnc[nH]4)n3)cc2[nH]1. The van der Waals surface area contributed by atoms with Gasteiger partial charge >= 0.3 is 5.69 Å². The molecule has 4 aromatic rings. The summed E-state index contributed by atoms with van der Waals surface area (Å²) in [5.41, 5.74) is 3.06. The number of hydrogen-bond donors (Lipinski definition) is 5. The predicted octanol–water partition coefficient (Wildman–Crippen LogP) is 2.53. The van der Waals surface area contributed by atoms with Gasteiger partial charge in [0, 0.05) is 36.7 Å². The Kier molecular flexibility index (Phi) is 4.40. The summed E-state index contributed by atoms with van der Waals surface area (Å²) in [6, 6.07) is 5.49. The number of halogens is 1. The number of aromatic nitrogens is 6. The molecule has 3 aromatic heterocycles. The van der Waals surface area contributed by atoms with Gasteiger partial charge in [-0.2, -0.15) is 4.98 Å². The molecule has 3 heterocycles. The zero-order chi connectivity index (χ0) is 17.9. The van der Waals surface area contributed by atoms with Crippen LogP contribution in [0.2, 0.25) is 0 Å². The molecule has 26 heavy (non-hydrogen) atoms. The van der Waals surface area contributed by atoms with Crippen molar-refractivity contribution in [2.75, 3.05) is 17.2 Å². The molecule has 0 saturated heterocycles. The molecule has 9 nitrogen and oxygen atoms in total. The summed E-state index contributed by atoms with van der Waals surface area (Å²) in [5.74, 6) is 1.15. The Labute approximate surface area is 155 Å². The number of rotatable bonds is 6. The fourth-order valence-corrected chi connectivity index (χ4v) is 2.86. The molecule has 0 spiro atoms. The van der Waals surface area contributed by atoms with Crippen LogP contribution in [0.1, 0.15) is 5.69 Å². The van der Waals surface area contributed by atoms with Crippen LogP contribution in [-0.4, -0.2) is 36.4 Å². The monoisotopic (exact) mass is 414 g/mol. The van der Waals surface area contributed by atoms with Crippen molar-refractivity contribution in [2.45, 2.75) is 6.42 Å². The number of nitrogens with zero attached hydrogens (tertiary/aromatic N) is 3. The third-order valence-electron chi connectivity index (χ3n) is 3.76. The standard InChI is InChI=1S/C16H15BrN8O/c17-11-7-20-15(25-14(11)19-4-3-10-6-18-8-21-10)22-9-1-2-12-13(5-9)24-16(26)23-12/h1-2,5-8H,3-4H2,(H,18,21)(H2,23,24,26)(H2,19,20,22,25). The Bertz CT molecular complexity index is 1090. The third kappa shape index (κ3) is 3.59. The van der Waals surface area contributed by atoms with Crippen LogP contribution in [0.25, 0.3) is 11.0 Å². The van der Waals surface area contributed by atoms with Gasteiger partial charge in [-0.1, -0.05) is 0 Å². The number of imidazole rings is 2. The Hall–Kier alpha value is -3.14. The Morgan fingerprint density at radius 2 is 2.04 bits per heavy atom. The molecule has 1 aromatic carbocycles. The maximum atomic E-state index is 11.4. The average molecular weight is 415 g/mol. The van der Waals surface area contributed by atoms with Crippen molar-refractivity contribution < 1.29 is 0 Å². The Morgan fingerprint density at radius 3 is 2.88 bits per heavy atom. The fourth-order valence-electron chi connectivity index (χ4n) is 2.53. The summed E-state index contributed by atoms with van der Waals surface area (Å²) in [6.07, 6.45) is 5.94. The molecule has 0 fully saturated rings. The second-order valence-electron chi connectivity index (χ2n) is 5.61. The lowest BCUT2D eigenvalue weighted by Crippen LogP contribution is -2.09. The topological polar surface area (TPSA) is 127 Å². The summed E-state index contributed by atoms with van der Waals surface area (Å²) >= 11 is 3.45. The molecular formula is C16H15BrN8O. The van der Waals surface area contributed by atoms with E-state index >= 15 is 0 Å². The highest BCUT2D eigenvalue weighted by atomic mass is 79.9. The number of nitrogens with one attached hydrogen (secondary N) is 5. The van der Waals surface area contributed by atoms with E-state index in [0.717, 1.165) is 33.3 Å². The van der Waals surface area contributed by atoms with Crippen LogP contribution in [0.5, 0.6) is 0 Å². The molecule has 0 amide bonds. The van der Waals surface area contributed by atoms with Crippen molar-refractivity contribution in [1.29, 1.82) is 0 Å². The highest BCUT2D eigenvalue weighted by Crippen LogP contribution is 2.23. The van der Waals surface area contributed by atoms with Gasteiger partial charge in [-0.15, -0.1) is 0 Å². The second-order valence-corrected chi connectivity index (χ2v) is 6.46. The summed E-state index contributed by atoms with van der Waals surface area (Å²) in [4.78, 5) is 32.6. The zero-order valence-corrected chi connectivity index (χ0v) is 15.1. The first-order chi connectivity index (χ1) is 12.7. The largest absolute Gasteiger partial charge is 0.369 e. The first kappa shape index (κ1) is 16.3. The van der Waals surface area contributed by atoms with E-state index in [0.29, 0.717) is 18.3 Å². The van der Waals surface area contributed by atoms with Crippen LogP contribution in [0.3, 0.4) is 0 Å². The molecule has 0 aliphatic carbocycles. The van der Waals surface area contributed by atoms with Gasteiger partial charge in [0.25, 0.3) is 0 Å². The van der Waals surface area contributed by atoms with Gasteiger partial charge in [0.2, 0.25) is 5.95 Å². The highest BCUT2D eigenvalue weighted by Gasteiger charge is 2.07. The van der Waals surface area contributed by atoms with Crippen LogP contribution in [0.15, 0.2) is 46.2 Å². The van der Waals surface area contributed by atoms with Crippen molar-refractivity contribution in [2.24, 2.45) is 0 Å². The van der Waals surface area contributed by atoms with Crippen LogP contribution >= 0.6 is 15.9 Å². The zero-order valence-electron chi connectivity index (χ0n) is 13.5. The summed E-state index contributed by atoms with van der Waals surface area (Å²) in [6.45, 7) is 0.702. The van der Waals surface area contributed by atoms with Gasteiger partial charge in [0.15, 0.2) is 0 Å². The van der Waals surface area contributed by atoms with Crippen LogP contribution in [0, 0.1) is 0 Å². The number of fused-ring (bicyclic) bond motifs is 1. The van der Waals surface area contributed by atoms with E-state index in [1.165, 1.54) is 0 Å². The van der Waals surface area contributed by atoms with E-state index in [4.69, 9.17) is 0 Å². The average Bonchev–Trinajstić information content (AvgIpc) is 3.26. The van der Waals surface area contributed by atoms with Crippen molar-refractivity contribution >= 4 is 44.4 Å². The van der Waals surface area contributed by atoms with Gasteiger partial charge in [-0.05, 0) is 34.1 Å². The Balaban J connectivity index is 1.48. The first-order valence-electron chi connectivity index (χ1n) is 7.90. The molecule has 0 unspecified atom stereocenters. The number of hydrogen-bond acceptors (Lipinski definition) is 6. The first-order valence-corrected chi connectivity index (χ1v) is 8.69. The molecule has 0 aliphatic rings. The fraction of sp³-hybridized carbons (Fsp3) is 0.125. The van der Waals surface area contributed by atoms with Crippen molar-refractivity contribution in [1.82, 2.24) is 29.9 Å². The van der Waals surface area contributed by atoms with Gasteiger partial charge in [0.05, 0.1) is 21.8 Å². The number of aromatic amines is 3. The van der Waals surface area contributed by atoms with Crippen molar-refractivity contribution in [3.63, 3.8) is 0 Å². The van der Waals surface area contributed by atoms with Crippen LogP contribution in [-0.2, 0) is 6.42 Å². The van der Waals surface area contributed by atoms with Gasteiger partial charge in [-0.3, -0.25) is 0 Å². The lowest BCUT2D eigenvalue weighted by molar-refractivity contribution is 0.963. The summed E-state index contributed by atoms with van der Waals surface area (Å²) < 4.78 is 0.776. The minimum Gasteiger partial charge on any atom is -0.369 e. The molecular weight excluding hydrogens is 400 g/mol. The summed E-state index contributed by atoms with van der Waals surface area (Å²) in [7, 11) is 0. The molecule has 0 atom stereocenters. The number of H-pyrrole nitrogens is 3. The van der Waals surface area contributed by atoms with E-state index < -0.39 is 0 Å². The van der Waals surface area contributed by atoms with E-state index in [2.05, 4.69) is 56.5 Å². The van der Waals surface area contributed by atoms with Crippen molar-refractivity contribution in [3.8, 4) is 0 Å². The minimum atomic E-state index is -0.235. The second kappa shape index (κ2) is 7.00. The molecule has 0 aliphatic heterocycles. The number of benzene rings is 1. The van der Waals surface area contributed by atoms with E-state index in [-0.39, 0.29) is 5.69 Å². The molecule has 5 N–H and O–H groups in total. The molecule has 0 bridgehead atoms. The van der Waals surface area contributed by atoms with Gasteiger partial charge in [0.1, 0.15) is 5.82 Å². The van der Waals surface area contributed by atoms with Crippen LogP contribution < -0.4 is 16.3 Å². The lowest BCUT2D eigenvalue weighted by atomic mass is 10.3. The van der Waals surface area contributed by atoms with Gasteiger partial charge < -0.3 is 25.6 Å². The van der Waals surface area contributed by atoms with Crippen LogP contribution in [0.4, 0.5) is 17.5 Å². The minimum absolute atomic E-state index is 0.235. The number of anilines is 3. The van der Waals surface area contributed by atoms with Gasteiger partial charge in [-0.25, -0.2) is 14.8 Å². The van der Waals surface area contributed by atoms with E-state index in [1.807, 2.05) is 18.2 Å². The highest BCUT2D eigenvalue weighted by molar-refractivity contribution is 9.10. The maximum Gasteiger partial charge on any atom is 0.323 e. The molecule has 0 radical (unpaired) electrons. The predicted molar refractivity (Wildman–Crippen MR) is 103 cm³/mol. The van der Waals surface area contributed by atoms with E-state index in [9.17, 15) is 4.79 Å². The molecule has 0 saturated carbocycles. The third-order valence-corrected chi connectivity index (χ3v) is 4.34. The summed E-state index contributed by atoms with van der Waals surface area (Å²) in [5, 5.41) is 6.41. The van der Waals surface area contributed by atoms with Crippen molar-refractivity contribution in [3.05, 3.63) is 57.6 Å². The molecule has 10 heteroatoms. The maximum absolute atomic E-state index is 11.4. The Morgan fingerprint density at radius 1 is 1.15 bits per heavy atom. The molecule has 132 valence electrons. The molecule has 4 rings (SSSR count). The van der Waals surface area contributed by atoms with E-state index in [1.54, 1.807) is 18.7 Å².